The van der Waals surface area contributed by atoms with Crippen molar-refractivity contribution in [3.63, 3.8) is 0 Å². The van der Waals surface area contributed by atoms with Gasteiger partial charge in [-0.15, -0.1) is 0 Å². The summed E-state index contributed by atoms with van der Waals surface area (Å²) in [5, 5.41) is 0. The average Bonchev–Trinajstić information content (AvgIpc) is 2.37. The second kappa shape index (κ2) is 6.77. The lowest BCUT2D eigenvalue weighted by Crippen LogP contribution is -2.25. The van der Waals surface area contributed by atoms with Gasteiger partial charge in [0.1, 0.15) is 5.82 Å². The van der Waals surface area contributed by atoms with Gasteiger partial charge in [-0.1, -0.05) is 0 Å². The van der Waals surface area contributed by atoms with Crippen LogP contribution in [0.5, 0.6) is 0 Å². The van der Waals surface area contributed by atoms with Crippen molar-refractivity contribution < 1.29 is 39.7 Å². The smallest absolute Gasteiger partial charge is 0.463 e. The summed E-state index contributed by atoms with van der Waals surface area (Å²) in [5.74, 6) is -2.76. The molecule has 1 aromatic rings. The number of halogens is 4. The normalized spacial score (nSPS) is 12.9. The van der Waals surface area contributed by atoms with Crippen LogP contribution in [0.4, 0.5) is 17.6 Å². The molecule has 0 heterocycles. The molecule has 1 rings (SSSR count). The number of carbonyl (C=O) groups excluding carboxylic acids is 1. The Morgan fingerprint density at radius 2 is 1.77 bits per heavy atom. The van der Waals surface area contributed by atoms with Crippen LogP contribution < -0.4 is 0 Å². The quantitative estimate of drug-likeness (QED) is 0.205. The number of hydrogen-bond acceptors (Lipinski definition) is 5. The van der Waals surface area contributed by atoms with E-state index in [2.05, 4.69) is 8.92 Å². The van der Waals surface area contributed by atoms with Crippen molar-refractivity contribution in [1.29, 1.82) is 0 Å². The van der Waals surface area contributed by atoms with E-state index in [1.807, 2.05) is 0 Å². The summed E-state index contributed by atoms with van der Waals surface area (Å²) >= 11 is 0. The van der Waals surface area contributed by atoms with Gasteiger partial charge < -0.3 is 8.92 Å². The van der Waals surface area contributed by atoms with Crippen molar-refractivity contribution in [3.05, 3.63) is 41.7 Å². The fraction of sp³-hybridized carbons (Fsp3) is 0.250. The van der Waals surface area contributed by atoms with E-state index in [9.17, 15) is 30.8 Å². The van der Waals surface area contributed by atoms with E-state index in [-0.39, 0.29) is 12.2 Å². The molecule has 22 heavy (non-hydrogen) atoms. The lowest BCUT2D eigenvalue weighted by Gasteiger charge is -2.12. The molecular formula is C12H10F4O5S. The van der Waals surface area contributed by atoms with Crippen LogP contribution in [0.15, 0.2) is 30.3 Å². The van der Waals surface area contributed by atoms with Crippen molar-refractivity contribution >= 4 is 21.8 Å². The Kier molecular flexibility index (Phi) is 5.53. The van der Waals surface area contributed by atoms with Gasteiger partial charge in [0, 0.05) is 5.56 Å². The third-order valence-electron chi connectivity index (χ3n) is 2.15. The molecule has 0 aromatic heterocycles. The molecule has 0 aliphatic carbocycles. The molecule has 0 atom stereocenters. The molecule has 0 aliphatic rings. The van der Waals surface area contributed by atoms with Gasteiger partial charge in [-0.2, -0.15) is 21.6 Å². The van der Waals surface area contributed by atoms with E-state index in [1.54, 1.807) is 0 Å². The Balaban J connectivity index is 3.24. The Morgan fingerprint density at radius 1 is 1.23 bits per heavy atom. The minimum Gasteiger partial charge on any atom is -0.463 e. The number of hydrogen-bond donors (Lipinski definition) is 0. The predicted octanol–water partition coefficient (Wildman–Crippen LogP) is 2.60. The van der Waals surface area contributed by atoms with Gasteiger partial charge in [0.15, 0.2) is 5.76 Å². The van der Waals surface area contributed by atoms with Crippen LogP contribution in [0.2, 0.25) is 0 Å². The number of benzene rings is 1. The first-order valence-electron chi connectivity index (χ1n) is 5.72. The number of carbonyl (C=O) groups is 1. The molecule has 0 spiro atoms. The molecule has 1 aromatic carbocycles. The molecule has 5 nitrogen and oxygen atoms in total. The first-order chi connectivity index (χ1) is 10.1. The average molecular weight is 342 g/mol. The molecule has 0 N–H and O–H groups in total. The summed E-state index contributed by atoms with van der Waals surface area (Å²) < 4.78 is 80.3. The fourth-order valence-electron chi connectivity index (χ4n) is 1.23. The van der Waals surface area contributed by atoms with E-state index < -0.39 is 33.2 Å². The van der Waals surface area contributed by atoms with Crippen LogP contribution >= 0.6 is 0 Å². The first-order valence-corrected chi connectivity index (χ1v) is 7.13. The van der Waals surface area contributed by atoms with E-state index >= 15 is 0 Å². The number of esters is 1. The van der Waals surface area contributed by atoms with Crippen molar-refractivity contribution in [1.82, 2.24) is 0 Å². The highest BCUT2D eigenvalue weighted by Gasteiger charge is 2.49. The Labute approximate surface area is 123 Å². The van der Waals surface area contributed by atoms with Crippen LogP contribution in [-0.2, 0) is 23.8 Å². The summed E-state index contributed by atoms with van der Waals surface area (Å²) in [4.78, 5) is 11.3. The number of rotatable bonds is 5. The highest BCUT2D eigenvalue weighted by molar-refractivity contribution is 7.87. The molecule has 0 bridgehead atoms. The van der Waals surface area contributed by atoms with Gasteiger partial charge in [-0.05, 0) is 31.2 Å². The van der Waals surface area contributed by atoms with Gasteiger partial charge in [0.25, 0.3) is 0 Å². The molecule has 0 aliphatic heterocycles. The molecule has 0 saturated carbocycles. The highest BCUT2D eigenvalue weighted by Crippen LogP contribution is 2.29. The van der Waals surface area contributed by atoms with E-state index in [4.69, 9.17) is 0 Å². The van der Waals surface area contributed by atoms with Gasteiger partial charge in [0.2, 0.25) is 0 Å². The topological polar surface area (TPSA) is 69.7 Å². The van der Waals surface area contributed by atoms with Gasteiger partial charge in [-0.3, -0.25) is 0 Å². The van der Waals surface area contributed by atoms with E-state index in [0.717, 1.165) is 24.3 Å². The second-order valence-electron chi connectivity index (χ2n) is 3.75. The van der Waals surface area contributed by atoms with Gasteiger partial charge >= 0.3 is 21.6 Å². The molecule has 0 saturated heterocycles. The largest absolute Gasteiger partial charge is 0.534 e. The number of alkyl halides is 3. The van der Waals surface area contributed by atoms with Crippen molar-refractivity contribution in [2.24, 2.45) is 0 Å². The van der Waals surface area contributed by atoms with Gasteiger partial charge in [0.05, 0.1) is 12.7 Å². The molecule has 10 heteroatoms. The second-order valence-corrected chi connectivity index (χ2v) is 5.29. The van der Waals surface area contributed by atoms with Crippen LogP contribution in [0.1, 0.15) is 12.5 Å². The third kappa shape index (κ3) is 4.72. The Hall–Kier alpha value is -2.10. The highest BCUT2D eigenvalue weighted by atomic mass is 32.2. The first kappa shape index (κ1) is 18.0. The zero-order chi connectivity index (χ0) is 17.0. The molecule has 122 valence electrons. The maximum Gasteiger partial charge on any atom is 0.534 e. The maximum atomic E-state index is 12.8. The Bertz CT molecular complexity index is 662. The minimum atomic E-state index is -5.99. The molecular weight excluding hydrogens is 332 g/mol. The summed E-state index contributed by atoms with van der Waals surface area (Å²) in [6, 6.07) is 3.62. The van der Waals surface area contributed by atoms with E-state index in [0.29, 0.717) is 6.08 Å². The van der Waals surface area contributed by atoms with Crippen LogP contribution in [0.25, 0.3) is 5.76 Å². The SMILES string of the molecule is CCOC(=O)/C=C(/OS(=O)(=O)C(F)(F)F)c1ccc(F)cc1. The Morgan fingerprint density at radius 3 is 2.23 bits per heavy atom. The third-order valence-corrected chi connectivity index (χ3v) is 3.11. The van der Waals surface area contributed by atoms with Crippen molar-refractivity contribution in [3.8, 4) is 0 Å². The summed E-state index contributed by atoms with van der Waals surface area (Å²) in [7, 11) is -5.99. The molecule has 0 radical (unpaired) electrons. The monoisotopic (exact) mass is 342 g/mol. The minimum absolute atomic E-state index is 0.0853. The summed E-state index contributed by atoms with van der Waals surface area (Å²) in [6.07, 6.45) is 0.431. The van der Waals surface area contributed by atoms with Crippen molar-refractivity contribution in [2.45, 2.75) is 12.4 Å². The zero-order valence-corrected chi connectivity index (χ0v) is 11.9. The van der Waals surface area contributed by atoms with Crippen LogP contribution in [0, 0.1) is 5.82 Å². The van der Waals surface area contributed by atoms with Crippen LogP contribution in [0.3, 0.4) is 0 Å². The van der Waals surface area contributed by atoms with Gasteiger partial charge in [-0.25, -0.2) is 9.18 Å². The lowest BCUT2D eigenvalue weighted by atomic mass is 10.2. The number of ether oxygens (including phenoxy) is 1. The maximum absolute atomic E-state index is 12.8. The lowest BCUT2D eigenvalue weighted by molar-refractivity contribution is -0.137. The molecule has 0 amide bonds. The summed E-state index contributed by atoms with van der Waals surface area (Å²) in [6.45, 7) is 1.36. The van der Waals surface area contributed by atoms with Crippen molar-refractivity contribution in [2.75, 3.05) is 6.61 Å². The molecule has 0 fully saturated rings. The molecule has 0 unspecified atom stereocenters. The zero-order valence-electron chi connectivity index (χ0n) is 11.1. The van der Waals surface area contributed by atoms with E-state index in [1.165, 1.54) is 6.92 Å². The standard InChI is InChI=1S/C12H10F4O5S/c1-2-20-11(17)7-10(8-3-5-9(13)6-4-8)21-22(18,19)12(14,15)16/h3-7H,2H2,1H3/b10-7+. The fourth-order valence-corrected chi connectivity index (χ4v) is 1.70. The summed E-state index contributed by atoms with van der Waals surface area (Å²) in [5.41, 5.74) is -5.93. The van der Waals surface area contributed by atoms with Crippen LogP contribution in [-0.4, -0.2) is 26.5 Å². The predicted molar refractivity (Wildman–Crippen MR) is 67.1 cm³/mol.